The lowest BCUT2D eigenvalue weighted by atomic mass is 9.85. The summed E-state index contributed by atoms with van der Waals surface area (Å²) >= 11 is 0. The number of nitrogens with one attached hydrogen (secondary N) is 1. The first kappa shape index (κ1) is 15.9. The number of rotatable bonds is 5. The molecule has 1 saturated carbocycles. The van der Waals surface area contributed by atoms with Crippen LogP contribution in [0.2, 0.25) is 0 Å². The van der Waals surface area contributed by atoms with Crippen LogP contribution in [0.4, 0.5) is 5.69 Å². The van der Waals surface area contributed by atoms with Crippen molar-refractivity contribution in [1.29, 1.82) is 0 Å². The molecule has 1 aliphatic carbocycles. The highest BCUT2D eigenvalue weighted by Gasteiger charge is 2.21. The van der Waals surface area contributed by atoms with Crippen molar-refractivity contribution in [3.8, 4) is 5.69 Å². The van der Waals surface area contributed by atoms with E-state index in [2.05, 4.69) is 33.8 Å². The van der Waals surface area contributed by atoms with Gasteiger partial charge in [0.2, 0.25) is 0 Å². The molecule has 1 aromatic carbocycles. The Balaban J connectivity index is 1.49. The molecule has 6 nitrogen and oxygen atoms in total. The summed E-state index contributed by atoms with van der Waals surface area (Å²) in [5, 5.41) is 16.0. The van der Waals surface area contributed by atoms with Crippen LogP contribution in [0.3, 0.4) is 0 Å². The van der Waals surface area contributed by atoms with Crippen LogP contribution < -0.4 is 5.32 Å². The van der Waals surface area contributed by atoms with E-state index in [0.29, 0.717) is 5.92 Å². The van der Waals surface area contributed by atoms with E-state index in [1.807, 2.05) is 28.4 Å². The molecule has 4 rings (SSSR count). The molecule has 0 radical (unpaired) electrons. The zero-order valence-corrected chi connectivity index (χ0v) is 14.6. The van der Waals surface area contributed by atoms with Gasteiger partial charge in [0, 0.05) is 37.0 Å². The minimum absolute atomic E-state index is 0.620. The van der Waals surface area contributed by atoms with E-state index in [1.54, 1.807) is 12.7 Å². The molecule has 0 bridgehead atoms. The van der Waals surface area contributed by atoms with E-state index in [1.165, 1.54) is 43.4 Å². The van der Waals surface area contributed by atoms with Crippen molar-refractivity contribution in [3.63, 3.8) is 0 Å². The normalized spacial score (nSPS) is 15.4. The molecule has 3 aromatic rings. The summed E-state index contributed by atoms with van der Waals surface area (Å²) < 4.78 is 3.86. The SMILES string of the molecule is Cn1cc(CNc2cccc(-n3cnnc3)c2)c(C2CCCCC2)n1. The molecule has 0 amide bonds. The smallest absolute Gasteiger partial charge is 0.123 e. The Labute approximate surface area is 147 Å². The molecule has 2 aromatic heterocycles. The van der Waals surface area contributed by atoms with E-state index >= 15 is 0 Å². The van der Waals surface area contributed by atoms with E-state index in [9.17, 15) is 0 Å². The maximum absolute atomic E-state index is 4.76. The van der Waals surface area contributed by atoms with Crippen molar-refractivity contribution in [3.05, 3.63) is 54.4 Å². The number of benzene rings is 1. The number of hydrogen-bond acceptors (Lipinski definition) is 4. The van der Waals surface area contributed by atoms with Crippen LogP contribution in [0.5, 0.6) is 0 Å². The molecule has 1 fully saturated rings. The van der Waals surface area contributed by atoms with Gasteiger partial charge in [0.05, 0.1) is 11.4 Å². The topological polar surface area (TPSA) is 60.6 Å². The molecular weight excluding hydrogens is 312 g/mol. The van der Waals surface area contributed by atoms with Gasteiger partial charge in [-0.1, -0.05) is 25.3 Å². The van der Waals surface area contributed by atoms with Gasteiger partial charge in [0.25, 0.3) is 0 Å². The third-order valence-corrected chi connectivity index (χ3v) is 4.98. The number of aryl methyl sites for hydroxylation is 1. The highest BCUT2D eigenvalue weighted by molar-refractivity contribution is 5.51. The van der Waals surface area contributed by atoms with Gasteiger partial charge in [-0.15, -0.1) is 10.2 Å². The highest BCUT2D eigenvalue weighted by atomic mass is 15.3. The molecule has 0 aliphatic heterocycles. The summed E-state index contributed by atoms with van der Waals surface area (Å²) in [6.45, 7) is 0.797. The lowest BCUT2D eigenvalue weighted by Gasteiger charge is -2.21. The van der Waals surface area contributed by atoms with Crippen LogP contribution in [-0.2, 0) is 13.6 Å². The Bertz CT molecular complexity index is 814. The zero-order chi connectivity index (χ0) is 17.1. The molecule has 0 unspecified atom stereocenters. The van der Waals surface area contributed by atoms with Gasteiger partial charge in [-0.25, -0.2) is 0 Å². The van der Waals surface area contributed by atoms with Gasteiger partial charge in [-0.3, -0.25) is 9.25 Å². The summed E-state index contributed by atoms with van der Waals surface area (Å²) in [5.74, 6) is 0.620. The molecule has 1 aliphatic rings. The van der Waals surface area contributed by atoms with Crippen molar-refractivity contribution >= 4 is 5.69 Å². The van der Waals surface area contributed by atoms with Crippen LogP contribution in [0.1, 0.15) is 49.3 Å². The van der Waals surface area contributed by atoms with Crippen molar-refractivity contribution in [1.82, 2.24) is 24.5 Å². The quantitative estimate of drug-likeness (QED) is 0.772. The monoisotopic (exact) mass is 336 g/mol. The average molecular weight is 336 g/mol. The summed E-state index contributed by atoms with van der Waals surface area (Å²) in [6, 6.07) is 8.29. The first-order chi connectivity index (χ1) is 12.3. The van der Waals surface area contributed by atoms with Crippen LogP contribution in [-0.4, -0.2) is 24.5 Å². The summed E-state index contributed by atoms with van der Waals surface area (Å²) in [5.41, 5.74) is 4.73. The van der Waals surface area contributed by atoms with Crippen molar-refractivity contribution in [2.75, 3.05) is 5.32 Å². The van der Waals surface area contributed by atoms with Gasteiger partial charge in [-0.2, -0.15) is 5.10 Å². The standard InChI is InChI=1S/C19H24N6/c1-24-12-16(19(23-24)15-6-3-2-4-7-15)11-20-17-8-5-9-18(10-17)25-13-21-22-14-25/h5,8-10,12-15,20H,2-4,6-7,11H2,1H3. The maximum atomic E-state index is 4.76. The number of nitrogens with zero attached hydrogens (tertiary/aromatic N) is 5. The molecule has 0 spiro atoms. The van der Waals surface area contributed by atoms with Gasteiger partial charge in [0.1, 0.15) is 12.7 Å². The van der Waals surface area contributed by atoms with Crippen LogP contribution >= 0.6 is 0 Å². The third kappa shape index (κ3) is 3.57. The minimum Gasteiger partial charge on any atom is -0.381 e. The van der Waals surface area contributed by atoms with Gasteiger partial charge >= 0.3 is 0 Å². The van der Waals surface area contributed by atoms with Crippen LogP contribution in [0, 0.1) is 0 Å². The van der Waals surface area contributed by atoms with Crippen molar-refractivity contribution in [2.45, 2.75) is 44.6 Å². The van der Waals surface area contributed by atoms with Crippen LogP contribution in [0.25, 0.3) is 5.69 Å². The predicted octanol–water partition coefficient (Wildman–Crippen LogP) is 3.66. The first-order valence-electron chi connectivity index (χ1n) is 9.01. The van der Waals surface area contributed by atoms with Crippen molar-refractivity contribution < 1.29 is 0 Å². The molecule has 2 heterocycles. The minimum atomic E-state index is 0.620. The summed E-state index contributed by atoms with van der Waals surface area (Å²) in [4.78, 5) is 0. The highest BCUT2D eigenvalue weighted by Crippen LogP contribution is 2.33. The molecule has 130 valence electrons. The fourth-order valence-electron chi connectivity index (χ4n) is 3.72. The fourth-order valence-corrected chi connectivity index (χ4v) is 3.72. The second-order valence-electron chi connectivity index (χ2n) is 6.82. The van der Waals surface area contributed by atoms with Crippen molar-refractivity contribution in [2.24, 2.45) is 7.05 Å². The largest absolute Gasteiger partial charge is 0.381 e. The third-order valence-electron chi connectivity index (χ3n) is 4.98. The molecule has 25 heavy (non-hydrogen) atoms. The van der Waals surface area contributed by atoms with Crippen LogP contribution in [0.15, 0.2) is 43.1 Å². The number of hydrogen-bond donors (Lipinski definition) is 1. The molecular formula is C19H24N6. The van der Waals surface area contributed by atoms with Gasteiger partial charge in [-0.05, 0) is 31.0 Å². The predicted molar refractivity (Wildman–Crippen MR) is 97.7 cm³/mol. The second kappa shape index (κ2) is 7.09. The second-order valence-corrected chi connectivity index (χ2v) is 6.82. The maximum Gasteiger partial charge on any atom is 0.123 e. The Morgan fingerprint density at radius 1 is 1.12 bits per heavy atom. The van der Waals surface area contributed by atoms with E-state index in [-0.39, 0.29) is 0 Å². The molecule has 0 atom stereocenters. The molecule has 6 heteroatoms. The lowest BCUT2D eigenvalue weighted by molar-refractivity contribution is 0.432. The van der Waals surface area contributed by atoms with E-state index < -0.39 is 0 Å². The van der Waals surface area contributed by atoms with E-state index in [0.717, 1.165) is 17.9 Å². The Morgan fingerprint density at radius 2 is 1.92 bits per heavy atom. The number of anilines is 1. The molecule has 1 N–H and O–H groups in total. The Hall–Kier alpha value is -2.63. The fraction of sp³-hybridized carbons (Fsp3) is 0.421. The zero-order valence-electron chi connectivity index (χ0n) is 14.6. The summed E-state index contributed by atoms with van der Waals surface area (Å²) in [6.07, 6.45) is 12.1. The van der Waals surface area contributed by atoms with Gasteiger partial charge in [0.15, 0.2) is 0 Å². The first-order valence-corrected chi connectivity index (χ1v) is 9.01. The lowest BCUT2D eigenvalue weighted by Crippen LogP contribution is -2.09. The van der Waals surface area contributed by atoms with E-state index in [4.69, 9.17) is 5.10 Å². The van der Waals surface area contributed by atoms with Gasteiger partial charge < -0.3 is 5.32 Å². The Morgan fingerprint density at radius 3 is 2.72 bits per heavy atom. The summed E-state index contributed by atoms with van der Waals surface area (Å²) in [7, 11) is 2.02. The average Bonchev–Trinajstić information content (AvgIpc) is 3.31. The number of aromatic nitrogens is 5. The Kier molecular flexibility index (Phi) is 4.50. The molecule has 0 saturated heterocycles.